The lowest BCUT2D eigenvalue weighted by Crippen LogP contribution is -2.19. The van der Waals surface area contributed by atoms with Gasteiger partial charge < -0.3 is 5.11 Å². The molecule has 3 heteroatoms. The molecule has 1 aromatic carbocycles. The van der Waals surface area contributed by atoms with Crippen LogP contribution in [0.25, 0.3) is 0 Å². The number of benzene rings is 1. The summed E-state index contributed by atoms with van der Waals surface area (Å²) in [6, 6.07) is 7.49. The van der Waals surface area contributed by atoms with Gasteiger partial charge >= 0.3 is 0 Å². The number of rotatable bonds is 0. The van der Waals surface area contributed by atoms with Crippen LogP contribution in [0.5, 0.6) is 0 Å². The highest BCUT2D eigenvalue weighted by Crippen LogP contribution is 1.96. The summed E-state index contributed by atoms with van der Waals surface area (Å²) in [6.45, 7) is 0. The number of hydrogen-bond donors (Lipinski definition) is 1. The Balaban J connectivity index is 2.81. The van der Waals surface area contributed by atoms with Gasteiger partial charge in [-0.05, 0) is 12.1 Å². The molecule has 11 heavy (non-hydrogen) atoms. The van der Waals surface area contributed by atoms with Crippen molar-refractivity contribution in [2.75, 3.05) is 0 Å². The van der Waals surface area contributed by atoms with Gasteiger partial charge in [0.2, 0.25) is 0 Å². The SMILES string of the molecule is OC=C1N=c2ccccc2=N1. The first kappa shape index (κ1) is 6.09. The van der Waals surface area contributed by atoms with Crippen molar-refractivity contribution >= 4 is 0 Å². The normalized spacial score (nSPS) is 13.3. The zero-order valence-corrected chi connectivity index (χ0v) is 5.73. The molecule has 2 rings (SSSR count). The van der Waals surface area contributed by atoms with Crippen molar-refractivity contribution in [2.24, 2.45) is 9.98 Å². The van der Waals surface area contributed by atoms with Crippen molar-refractivity contribution < 1.29 is 5.11 Å². The van der Waals surface area contributed by atoms with Gasteiger partial charge in [0.05, 0.1) is 10.7 Å². The molecule has 0 aliphatic carbocycles. The molecule has 0 saturated carbocycles. The molecule has 0 fully saturated rings. The summed E-state index contributed by atoms with van der Waals surface area (Å²) in [6.07, 6.45) is 0.903. The Morgan fingerprint density at radius 1 is 1.09 bits per heavy atom. The van der Waals surface area contributed by atoms with Gasteiger partial charge in [-0.25, -0.2) is 9.98 Å². The molecule has 0 atom stereocenters. The average molecular weight is 146 g/mol. The monoisotopic (exact) mass is 146 g/mol. The minimum absolute atomic E-state index is 0.367. The summed E-state index contributed by atoms with van der Waals surface area (Å²) in [5.41, 5.74) is 0. The van der Waals surface area contributed by atoms with Crippen LogP contribution in [0.4, 0.5) is 0 Å². The highest BCUT2D eigenvalue weighted by Gasteiger charge is 1.98. The second kappa shape index (κ2) is 2.20. The number of para-hydroxylation sites is 2. The Labute approximate surface area is 63.1 Å². The molecule has 0 amide bonds. The number of nitrogens with zero attached hydrogens (tertiary/aromatic N) is 2. The molecule has 54 valence electrons. The van der Waals surface area contributed by atoms with Gasteiger partial charge in [-0.1, -0.05) is 12.1 Å². The van der Waals surface area contributed by atoms with E-state index in [1.807, 2.05) is 24.3 Å². The number of aliphatic hydroxyl groups is 1. The van der Waals surface area contributed by atoms with E-state index in [1.54, 1.807) is 0 Å². The summed E-state index contributed by atoms with van der Waals surface area (Å²) in [5, 5.41) is 10.2. The smallest absolute Gasteiger partial charge is 0.188 e. The summed E-state index contributed by atoms with van der Waals surface area (Å²) in [7, 11) is 0. The van der Waals surface area contributed by atoms with Crippen molar-refractivity contribution in [1.29, 1.82) is 0 Å². The first-order chi connectivity index (χ1) is 5.40. The summed E-state index contributed by atoms with van der Waals surface area (Å²) in [5.74, 6) is 0.367. The predicted octanol–water partition coefficient (Wildman–Crippen LogP) is 0.296. The quantitative estimate of drug-likeness (QED) is 0.525. The van der Waals surface area contributed by atoms with E-state index < -0.39 is 0 Å². The van der Waals surface area contributed by atoms with E-state index in [0.717, 1.165) is 17.0 Å². The maximum absolute atomic E-state index is 8.59. The third-order valence-electron chi connectivity index (χ3n) is 1.47. The second-order valence-corrected chi connectivity index (χ2v) is 2.20. The van der Waals surface area contributed by atoms with E-state index in [2.05, 4.69) is 9.98 Å². The van der Waals surface area contributed by atoms with Gasteiger partial charge in [0.25, 0.3) is 0 Å². The number of aliphatic hydroxyl groups excluding tert-OH is 1. The Morgan fingerprint density at radius 2 is 1.64 bits per heavy atom. The highest BCUT2D eigenvalue weighted by molar-refractivity contribution is 5.10. The molecule has 1 aliphatic heterocycles. The van der Waals surface area contributed by atoms with Crippen molar-refractivity contribution in [1.82, 2.24) is 0 Å². The van der Waals surface area contributed by atoms with Gasteiger partial charge in [0, 0.05) is 0 Å². The number of fused-ring (bicyclic) bond motifs is 1. The van der Waals surface area contributed by atoms with Crippen LogP contribution in [0.1, 0.15) is 0 Å². The first-order valence-electron chi connectivity index (χ1n) is 3.27. The Bertz CT molecular complexity index is 383. The fraction of sp³-hybridized carbons (Fsp3) is 0. The molecular weight excluding hydrogens is 140 g/mol. The van der Waals surface area contributed by atoms with Crippen molar-refractivity contribution in [3.63, 3.8) is 0 Å². The van der Waals surface area contributed by atoms with Gasteiger partial charge in [0.1, 0.15) is 6.26 Å². The van der Waals surface area contributed by atoms with E-state index >= 15 is 0 Å². The molecule has 3 nitrogen and oxygen atoms in total. The van der Waals surface area contributed by atoms with Crippen molar-refractivity contribution in [3.8, 4) is 0 Å². The van der Waals surface area contributed by atoms with Gasteiger partial charge in [-0.3, -0.25) is 0 Å². The van der Waals surface area contributed by atoms with E-state index in [1.165, 1.54) is 0 Å². The van der Waals surface area contributed by atoms with E-state index in [4.69, 9.17) is 5.11 Å². The number of hydrogen-bond acceptors (Lipinski definition) is 3. The summed E-state index contributed by atoms with van der Waals surface area (Å²) >= 11 is 0. The minimum atomic E-state index is 0.367. The van der Waals surface area contributed by atoms with E-state index in [0.29, 0.717) is 5.82 Å². The van der Waals surface area contributed by atoms with E-state index in [-0.39, 0.29) is 0 Å². The van der Waals surface area contributed by atoms with Gasteiger partial charge in [-0.2, -0.15) is 0 Å². The molecule has 1 N–H and O–H groups in total. The van der Waals surface area contributed by atoms with Crippen LogP contribution < -0.4 is 10.7 Å². The predicted molar refractivity (Wildman–Crippen MR) is 39.5 cm³/mol. The molecule has 1 aliphatic rings. The highest BCUT2D eigenvalue weighted by atomic mass is 16.2. The standard InChI is InChI=1S/C8H6N2O/c11-5-8-9-6-3-1-2-4-7(6)10-8/h1-5,11H. The van der Waals surface area contributed by atoms with Crippen LogP contribution in [0.15, 0.2) is 46.3 Å². The average Bonchev–Trinajstić information content (AvgIpc) is 2.46. The fourth-order valence-corrected chi connectivity index (χ4v) is 0.983. The third kappa shape index (κ3) is 0.902. The molecule has 1 heterocycles. The molecule has 0 radical (unpaired) electrons. The second-order valence-electron chi connectivity index (χ2n) is 2.20. The lowest BCUT2D eigenvalue weighted by Gasteiger charge is -1.77. The van der Waals surface area contributed by atoms with Crippen molar-refractivity contribution in [2.45, 2.75) is 0 Å². The fourth-order valence-electron chi connectivity index (χ4n) is 0.983. The molecule has 0 unspecified atom stereocenters. The van der Waals surface area contributed by atoms with E-state index in [9.17, 15) is 0 Å². The third-order valence-corrected chi connectivity index (χ3v) is 1.47. The van der Waals surface area contributed by atoms with Crippen LogP contribution >= 0.6 is 0 Å². The maximum atomic E-state index is 8.59. The van der Waals surface area contributed by atoms with Crippen LogP contribution in [0.2, 0.25) is 0 Å². The Morgan fingerprint density at radius 3 is 2.09 bits per heavy atom. The van der Waals surface area contributed by atoms with Gasteiger partial charge in [-0.15, -0.1) is 0 Å². The van der Waals surface area contributed by atoms with Crippen LogP contribution in [-0.2, 0) is 0 Å². The van der Waals surface area contributed by atoms with Crippen LogP contribution in [0.3, 0.4) is 0 Å². The molecule has 0 aromatic heterocycles. The molecule has 0 bridgehead atoms. The molecule has 0 saturated heterocycles. The zero-order chi connectivity index (χ0) is 7.68. The molecular formula is C8H6N2O. The lowest BCUT2D eigenvalue weighted by molar-refractivity contribution is 0.465. The van der Waals surface area contributed by atoms with Crippen LogP contribution in [-0.4, -0.2) is 5.11 Å². The van der Waals surface area contributed by atoms with Gasteiger partial charge in [0.15, 0.2) is 5.82 Å². The molecule has 1 aromatic rings. The minimum Gasteiger partial charge on any atom is -0.512 e. The lowest BCUT2D eigenvalue weighted by atomic mass is 10.3. The summed E-state index contributed by atoms with van der Waals surface area (Å²) in [4.78, 5) is 8.03. The first-order valence-corrected chi connectivity index (χ1v) is 3.27. The largest absolute Gasteiger partial charge is 0.512 e. The summed E-state index contributed by atoms with van der Waals surface area (Å²) < 4.78 is 0. The van der Waals surface area contributed by atoms with Crippen LogP contribution in [0, 0.1) is 0 Å². The van der Waals surface area contributed by atoms with Crippen molar-refractivity contribution in [3.05, 3.63) is 47.1 Å². The molecule has 0 spiro atoms. The maximum Gasteiger partial charge on any atom is 0.188 e. The Kier molecular flexibility index (Phi) is 1.22. The Hall–Kier alpha value is -1.64. The topological polar surface area (TPSA) is 45.0 Å². The zero-order valence-electron chi connectivity index (χ0n) is 5.73.